The largest absolute Gasteiger partial charge is 0.353 e. The third-order valence-electron chi connectivity index (χ3n) is 1.76. The van der Waals surface area contributed by atoms with Crippen molar-refractivity contribution in [3.8, 4) is 0 Å². The lowest BCUT2D eigenvalue weighted by Gasteiger charge is -2.15. The van der Waals surface area contributed by atoms with E-state index >= 15 is 0 Å². The first kappa shape index (κ1) is 12.6. The average Bonchev–Trinajstić information content (AvgIpc) is 2.14. The molecule has 0 rings (SSSR count). The summed E-state index contributed by atoms with van der Waals surface area (Å²) in [4.78, 5) is 11.0. The van der Waals surface area contributed by atoms with E-state index in [1.54, 1.807) is 0 Å². The number of ether oxygens (including phenoxy) is 2. The van der Waals surface area contributed by atoms with E-state index in [1.807, 2.05) is 20.8 Å². The van der Waals surface area contributed by atoms with Crippen molar-refractivity contribution >= 4 is 5.78 Å². The van der Waals surface area contributed by atoms with Crippen molar-refractivity contribution in [2.75, 3.05) is 13.2 Å². The van der Waals surface area contributed by atoms with Crippen LogP contribution in [0.25, 0.3) is 0 Å². The van der Waals surface area contributed by atoms with Gasteiger partial charge in [0.1, 0.15) is 5.78 Å². The summed E-state index contributed by atoms with van der Waals surface area (Å²) in [6.45, 7) is 6.98. The second kappa shape index (κ2) is 8.20. The summed E-state index contributed by atoms with van der Waals surface area (Å²) in [7, 11) is 0. The van der Waals surface area contributed by atoms with Gasteiger partial charge in [-0.2, -0.15) is 0 Å². The van der Waals surface area contributed by atoms with E-state index in [-0.39, 0.29) is 12.1 Å². The van der Waals surface area contributed by atoms with Gasteiger partial charge in [0.2, 0.25) is 0 Å². The molecule has 0 radical (unpaired) electrons. The second-order valence-corrected chi connectivity index (χ2v) is 2.77. The predicted octanol–water partition coefficient (Wildman–Crippen LogP) is 2.14. The Kier molecular flexibility index (Phi) is 7.94. The fraction of sp³-hybridized carbons (Fsp3) is 0.900. The Labute approximate surface area is 80.4 Å². The van der Waals surface area contributed by atoms with Gasteiger partial charge in [-0.3, -0.25) is 4.79 Å². The van der Waals surface area contributed by atoms with Gasteiger partial charge in [-0.05, 0) is 13.8 Å². The molecule has 0 amide bonds. The third kappa shape index (κ3) is 6.72. The fourth-order valence-corrected chi connectivity index (χ4v) is 1.04. The van der Waals surface area contributed by atoms with Crippen LogP contribution in [0.4, 0.5) is 0 Å². The summed E-state index contributed by atoms with van der Waals surface area (Å²) < 4.78 is 10.6. The Hall–Kier alpha value is -0.410. The monoisotopic (exact) mass is 188 g/mol. The van der Waals surface area contributed by atoms with Crippen molar-refractivity contribution in [2.45, 2.75) is 46.3 Å². The molecule has 0 aromatic carbocycles. The number of Topliss-reactive ketones (excluding diaryl/α,β-unsaturated/α-hetero) is 1. The summed E-state index contributed by atoms with van der Waals surface area (Å²) in [5.74, 6) is 0.268. The molecule has 0 unspecified atom stereocenters. The summed E-state index contributed by atoms with van der Waals surface area (Å²) in [5, 5.41) is 0. The zero-order valence-electron chi connectivity index (χ0n) is 8.84. The maximum absolute atomic E-state index is 11.0. The fourth-order valence-electron chi connectivity index (χ4n) is 1.04. The SMILES string of the molecule is CCOC(CCC(=O)CC)OCC. The van der Waals surface area contributed by atoms with E-state index in [0.717, 1.165) is 0 Å². The molecule has 78 valence electrons. The van der Waals surface area contributed by atoms with Gasteiger partial charge < -0.3 is 9.47 Å². The van der Waals surface area contributed by atoms with Crippen LogP contribution in [0.2, 0.25) is 0 Å². The molecule has 0 atom stereocenters. The Balaban J connectivity index is 3.61. The Bertz CT molecular complexity index is 128. The molecule has 3 nitrogen and oxygen atoms in total. The first-order valence-electron chi connectivity index (χ1n) is 4.99. The second-order valence-electron chi connectivity index (χ2n) is 2.77. The highest BCUT2D eigenvalue weighted by Crippen LogP contribution is 2.05. The predicted molar refractivity (Wildman–Crippen MR) is 51.6 cm³/mol. The van der Waals surface area contributed by atoms with Crippen molar-refractivity contribution in [3.63, 3.8) is 0 Å². The molecule has 0 aliphatic heterocycles. The number of carbonyl (C=O) groups excluding carboxylic acids is 1. The minimum absolute atomic E-state index is 0.203. The summed E-state index contributed by atoms with van der Waals surface area (Å²) in [5.41, 5.74) is 0. The van der Waals surface area contributed by atoms with Gasteiger partial charge in [0.25, 0.3) is 0 Å². The molecule has 0 aromatic rings. The zero-order chi connectivity index (χ0) is 10.1. The maximum atomic E-state index is 11.0. The van der Waals surface area contributed by atoms with Crippen molar-refractivity contribution in [2.24, 2.45) is 0 Å². The highest BCUT2D eigenvalue weighted by molar-refractivity contribution is 5.77. The van der Waals surface area contributed by atoms with Gasteiger partial charge in [-0.25, -0.2) is 0 Å². The topological polar surface area (TPSA) is 35.5 Å². The van der Waals surface area contributed by atoms with E-state index in [0.29, 0.717) is 32.5 Å². The molecule has 0 spiro atoms. The number of carbonyl (C=O) groups is 1. The molecule has 0 saturated heterocycles. The average molecular weight is 188 g/mol. The maximum Gasteiger partial charge on any atom is 0.157 e. The van der Waals surface area contributed by atoms with Gasteiger partial charge in [0, 0.05) is 32.5 Å². The van der Waals surface area contributed by atoms with Crippen LogP contribution in [0, 0.1) is 0 Å². The summed E-state index contributed by atoms with van der Waals surface area (Å²) >= 11 is 0. The first-order valence-corrected chi connectivity index (χ1v) is 4.99. The summed E-state index contributed by atoms with van der Waals surface area (Å²) in [6.07, 6.45) is 1.63. The molecule has 0 saturated carbocycles. The van der Waals surface area contributed by atoms with Crippen LogP contribution in [-0.2, 0) is 14.3 Å². The lowest BCUT2D eigenvalue weighted by atomic mass is 10.2. The first-order chi connectivity index (χ1) is 6.24. The standard InChI is InChI=1S/C10H20O3/c1-4-9(11)7-8-10(12-5-2)13-6-3/h10H,4-8H2,1-3H3. The van der Waals surface area contributed by atoms with Crippen LogP contribution < -0.4 is 0 Å². The van der Waals surface area contributed by atoms with Gasteiger partial charge in [0.15, 0.2) is 6.29 Å². The normalized spacial score (nSPS) is 10.8. The highest BCUT2D eigenvalue weighted by atomic mass is 16.7. The highest BCUT2D eigenvalue weighted by Gasteiger charge is 2.09. The smallest absolute Gasteiger partial charge is 0.157 e. The van der Waals surface area contributed by atoms with E-state index in [9.17, 15) is 4.79 Å². The van der Waals surface area contributed by atoms with Gasteiger partial charge in [-0.1, -0.05) is 6.92 Å². The van der Waals surface area contributed by atoms with Crippen LogP contribution in [0.15, 0.2) is 0 Å². The number of hydrogen-bond acceptors (Lipinski definition) is 3. The van der Waals surface area contributed by atoms with E-state index < -0.39 is 0 Å². The number of rotatable bonds is 8. The van der Waals surface area contributed by atoms with Gasteiger partial charge in [-0.15, -0.1) is 0 Å². The number of hydrogen-bond donors (Lipinski definition) is 0. The molecule has 0 bridgehead atoms. The van der Waals surface area contributed by atoms with Crippen LogP contribution in [0.5, 0.6) is 0 Å². The molecule has 0 aliphatic rings. The molecule has 0 fully saturated rings. The molecule has 0 aliphatic carbocycles. The van der Waals surface area contributed by atoms with Crippen LogP contribution >= 0.6 is 0 Å². The van der Waals surface area contributed by atoms with Crippen molar-refractivity contribution < 1.29 is 14.3 Å². The molecular formula is C10H20O3. The van der Waals surface area contributed by atoms with E-state index in [2.05, 4.69) is 0 Å². The molecule has 0 aromatic heterocycles. The minimum Gasteiger partial charge on any atom is -0.353 e. The molecule has 0 N–H and O–H groups in total. The van der Waals surface area contributed by atoms with E-state index in [1.165, 1.54) is 0 Å². The van der Waals surface area contributed by atoms with Gasteiger partial charge in [0.05, 0.1) is 0 Å². The van der Waals surface area contributed by atoms with Crippen LogP contribution in [-0.4, -0.2) is 25.3 Å². The van der Waals surface area contributed by atoms with Crippen LogP contribution in [0.1, 0.15) is 40.0 Å². The molecule has 0 heterocycles. The van der Waals surface area contributed by atoms with Gasteiger partial charge >= 0.3 is 0 Å². The number of ketones is 1. The molecule has 3 heteroatoms. The Morgan fingerprint density at radius 1 is 1.15 bits per heavy atom. The summed E-state index contributed by atoms with van der Waals surface area (Å²) in [6, 6.07) is 0. The minimum atomic E-state index is -0.203. The lowest BCUT2D eigenvalue weighted by Crippen LogP contribution is -2.18. The Morgan fingerprint density at radius 2 is 1.69 bits per heavy atom. The Morgan fingerprint density at radius 3 is 2.08 bits per heavy atom. The third-order valence-corrected chi connectivity index (χ3v) is 1.76. The quantitative estimate of drug-likeness (QED) is 0.547. The lowest BCUT2D eigenvalue weighted by molar-refractivity contribution is -0.144. The van der Waals surface area contributed by atoms with Crippen LogP contribution in [0.3, 0.4) is 0 Å². The molecule has 13 heavy (non-hydrogen) atoms. The zero-order valence-corrected chi connectivity index (χ0v) is 8.84. The van der Waals surface area contributed by atoms with E-state index in [4.69, 9.17) is 9.47 Å². The molecular weight excluding hydrogens is 168 g/mol. The van der Waals surface area contributed by atoms with Crippen molar-refractivity contribution in [1.29, 1.82) is 0 Å². The van der Waals surface area contributed by atoms with Crippen molar-refractivity contribution in [3.05, 3.63) is 0 Å². The van der Waals surface area contributed by atoms with Crippen molar-refractivity contribution in [1.82, 2.24) is 0 Å².